The summed E-state index contributed by atoms with van der Waals surface area (Å²) in [6.45, 7) is 7.80. The zero-order valence-electron chi connectivity index (χ0n) is 18.5. The van der Waals surface area contributed by atoms with E-state index in [1.54, 1.807) is 35.6 Å². The summed E-state index contributed by atoms with van der Waals surface area (Å²) in [5.41, 5.74) is 0. The number of carboxylic acids is 2. The van der Waals surface area contributed by atoms with E-state index < -0.39 is 11.9 Å². The van der Waals surface area contributed by atoms with E-state index in [2.05, 4.69) is 13.8 Å². The van der Waals surface area contributed by atoms with E-state index in [4.69, 9.17) is 10.2 Å². The molecule has 162 valence electrons. The van der Waals surface area contributed by atoms with Crippen LogP contribution in [-0.2, 0) is 9.59 Å². The van der Waals surface area contributed by atoms with Gasteiger partial charge in [0, 0.05) is 12.8 Å². The van der Waals surface area contributed by atoms with Gasteiger partial charge in [0.2, 0.25) is 0 Å². The van der Waals surface area contributed by atoms with Crippen LogP contribution in [0.3, 0.4) is 0 Å². The van der Waals surface area contributed by atoms with Crippen LogP contribution in [0.25, 0.3) is 0 Å². The van der Waals surface area contributed by atoms with Crippen molar-refractivity contribution in [2.45, 2.75) is 126 Å². The van der Waals surface area contributed by atoms with Gasteiger partial charge in [0.1, 0.15) is 0 Å². The monoisotopic (exact) mass is 494 g/mol. The molecule has 2 N–H and O–H groups in total. The maximum absolute atomic E-state index is 9.37. The summed E-state index contributed by atoms with van der Waals surface area (Å²) < 4.78 is 3.31. The van der Waals surface area contributed by atoms with Crippen molar-refractivity contribution in [1.82, 2.24) is 0 Å². The first-order valence-electron chi connectivity index (χ1n) is 11.1. The van der Waals surface area contributed by atoms with Crippen molar-refractivity contribution in [3.63, 3.8) is 0 Å². The summed E-state index contributed by atoms with van der Waals surface area (Å²) in [6.07, 6.45) is 18.3. The van der Waals surface area contributed by atoms with Gasteiger partial charge in [-0.25, -0.2) is 0 Å². The van der Waals surface area contributed by atoms with Crippen molar-refractivity contribution < 1.29 is 19.8 Å². The SMILES string of the molecule is CCC(=O)O.CCC(=O)O.CCCCCCC[CH2][Sn][CH2]CCCCCCC. The zero-order valence-corrected chi connectivity index (χ0v) is 21.4. The number of hydrogen-bond donors (Lipinski definition) is 2. The summed E-state index contributed by atoms with van der Waals surface area (Å²) in [5.74, 6) is -1.49. The molecule has 0 heterocycles. The molecule has 0 saturated heterocycles. The van der Waals surface area contributed by atoms with Gasteiger partial charge in [-0.1, -0.05) is 13.8 Å². The molecule has 0 aromatic rings. The molecule has 0 spiro atoms. The van der Waals surface area contributed by atoms with E-state index in [0.29, 0.717) is 0 Å². The van der Waals surface area contributed by atoms with Gasteiger partial charge >= 0.3 is 133 Å². The van der Waals surface area contributed by atoms with E-state index in [-0.39, 0.29) is 34.0 Å². The Bertz CT molecular complexity index is 268. The number of aliphatic carboxylic acids is 2. The summed E-state index contributed by atoms with van der Waals surface area (Å²) >= 11 is 0.0736. The first-order chi connectivity index (χ1) is 13.0. The minimum atomic E-state index is -0.745. The van der Waals surface area contributed by atoms with E-state index in [0.717, 1.165) is 0 Å². The molecule has 5 heteroatoms. The van der Waals surface area contributed by atoms with Gasteiger partial charge in [-0.15, -0.1) is 0 Å². The van der Waals surface area contributed by atoms with Gasteiger partial charge in [-0.05, 0) is 0 Å². The fourth-order valence-electron chi connectivity index (χ4n) is 2.19. The Labute approximate surface area is 179 Å². The van der Waals surface area contributed by atoms with Crippen LogP contribution in [0.1, 0.15) is 118 Å². The van der Waals surface area contributed by atoms with E-state index in [1.807, 2.05) is 0 Å². The molecule has 2 radical (unpaired) electrons. The number of hydrogen-bond acceptors (Lipinski definition) is 2. The maximum atomic E-state index is 9.37. The molecule has 27 heavy (non-hydrogen) atoms. The van der Waals surface area contributed by atoms with E-state index >= 15 is 0 Å². The normalized spacial score (nSPS) is 9.63. The molecule has 0 saturated carbocycles. The Balaban J connectivity index is -0.000000471. The molecule has 0 fully saturated rings. The summed E-state index contributed by atoms with van der Waals surface area (Å²) in [5, 5.41) is 15.4. The number of carboxylic acid groups (broad SMARTS) is 2. The Kier molecular flexibility index (Phi) is 35.5. The van der Waals surface area contributed by atoms with Gasteiger partial charge in [0.25, 0.3) is 0 Å². The van der Waals surface area contributed by atoms with Crippen molar-refractivity contribution in [2.24, 2.45) is 0 Å². The minimum absolute atomic E-state index is 0.0736. The summed E-state index contributed by atoms with van der Waals surface area (Å²) in [7, 11) is 0. The second-order valence-electron chi connectivity index (χ2n) is 6.78. The molecule has 0 aliphatic heterocycles. The fraction of sp³-hybridized carbons (Fsp3) is 0.909. The van der Waals surface area contributed by atoms with Gasteiger partial charge in [-0.3, -0.25) is 9.59 Å². The Hall–Kier alpha value is -0.261. The average molecular weight is 493 g/mol. The molecular weight excluding hydrogens is 447 g/mol. The van der Waals surface area contributed by atoms with Crippen molar-refractivity contribution in [1.29, 1.82) is 0 Å². The average Bonchev–Trinajstić information content (AvgIpc) is 2.66. The molecule has 0 aromatic carbocycles. The number of rotatable bonds is 16. The van der Waals surface area contributed by atoms with Gasteiger partial charge in [0.15, 0.2) is 0 Å². The van der Waals surface area contributed by atoms with Crippen molar-refractivity contribution in [2.75, 3.05) is 0 Å². The standard InChI is InChI=1S/2C8H17.2C3H6O2.Sn/c2*1-3-5-7-8-6-4-2;2*1-2-3(4)5;/h2*1,3-8H2,2H3;2*2H2,1H3,(H,4,5);. The van der Waals surface area contributed by atoms with Crippen LogP contribution in [0.4, 0.5) is 0 Å². The summed E-state index contributed by atoms with van der Waals surface area (Å²) in [6, 6.07) is 0. The predicted molar refractivity (Wildman–Crippen MR) is 118 cm³/mol. The molecule has 0 aliphatic rings. The van der Waals surface area contributed by atoms with Crippen LogP contribution in [0.15, 0.2) is 0 Å². The third-order valence-electron chi connectivity index (χ3n) is 4.02. The third-order valence-corrected chi connectivity index (χ3v) is 8.06. The molecular formula is C22H46O4Sn. The van der Waals surface area contributed by atoms with Gasteiger partial charge < -0.3 is 10.2 Å². The van der Waals surface area contributed by atoms with E-state index in [9.17, 15) is 9.59 Å². The fourth-order valence-corrected chi connectivity index (χ4v) is 5.75. The van der Waals surface area contributed by atoms with Gasteiger partial charge in [0.05, 0.1) is 0 Å². The number of unbranched alkanes of at least 4 members (excludes halogenated alkanes) is 10. The second-order valence-corrected chi connectivity index (χ2v) is 11.1. The molecule has 0 amide bonds. The van der Waals surface area contributed by atoms with Crippen LogP contribution >= 0.6 is 0 Å². The van der Waals surface area contributed by atoms with Crippen molar-refractivity contribution in [3.05, 3.63) is 0 Å². The molecule has 4 nitrogen and oxygen atoms in total. The molecule has 0 atom stereocenters. The Morgan fingerprint density at radius 1 is 0.556 bits per heavy atom. The van der Waals surface area contributed by atoms with Crippen LogP contribution in [0, 0.1) is 0 Å². The zero-order chi connectivity index (χ0) is 21.2. The molecule has 0 unspecified atom stereocenters. The molecule has 0 aromatic heterocycles. The Morgan fingerprint density at radius 2 is 0.815 bits per heavy atom. The predicted octanol–water partition coefficient (Wildman–Crippen LogP) is 7.21. The molecule has 0 bridgehead atoms. The van der Waals surface area contributed by atoms with Crippen LogP contribution in [0.2, 0.25) is 8.87 Å². The first-order valence-corrected chi connectivity index (χ1v) is 15.1. The molecule has 0 rings (SSSR count). The molecule has 0 aliphatic carbocycles. The number of carbonyl (C=O) groups is 2. The van der Waals surface area contributed by atoms with Crippen LogP contribution in [0.5, 0.6) is 0 Å². The summed E-state index contributed by atoms with van der Waals surface area (Å²) in [4.78, 5) is 18.7. The van der Waals surface area contributed by atoms with Crippen LogP contribution in [-0.4, -0.2) is 43.3 Å². The first kappa shape index (κ1) is 31.4. The third kappa shape index (κ3) is 46.1. The van der Waals surface area contributed by atoms with E-state index in [1.165, 1.54) is 64.2 Å². The Morgan fingerprint density at radius 3 is 1.07 bits per heavy atom. The van der Waals surface area contributed by atoms with Crippen LogP contribution < -0.4 is 0 Å². The quantitative estimate of drug-likeness (QED) is 0.176. The van der Waals surface area contributed by atoms with Crippen molar-refractivity contribution in [3.8, 4) is 0 Å². The topological polar surface area (TPSA) is 74.6 Å². The van der Waals surface area contributed by atoms with Crippen molar-refractivity contribution >= 4 is 33.1 Å². The van der Waals surface area contributed by atoms with Gasteiger partial charge in [-0.2, -0.15) is 0 Å². The second kappa shape index (κ2) is 30.5.